The van der Waals surface area contributed by atoms with Gasteiger partial charge < -0.3 is 5.32 Å². The fraction of sp³-hybridized carbons (Fsp3) is 0.133. The second kappa shape index (κ2) is 6.20. The minimum Gasteiger partial charge on any atom is -0.304 e. The van der Waals surface area contributed by atoms with Crippen molar-refractivity contribution in [3.63, 3.8) is 0 Å². The molecule has 0 aliphatic carbocycles. The van der Waals surface area contributed by atoms with Crippen molar-refractivity contribution in [2.75, 3.05) is 5.32 Å². The van der Waals surface area contributed by atoms with Gasteiger partial charge in [0.1, 0.15) is 11.3 Å². The van der Waals surface area contributed by atoms with Crippen molar-refractivity contribution in [2.24, 2.45) is 0 Å². The summed E-state index contributed by atoms with van der Waals surface area (Å²) in [5.41, 5.74) is 0.0741. The molecular weight excluding hydrogens is 380 g/mol. The van der Waals surface area contributed by atoms with Gasteiger partial charge in [-0.2, -0.15) is 13.2 Å². The number of halogens is 5. The summed E-state index contributed by atoms with van der Waals surface area (Å²) in [5.74, 6) is -0.788. The van der Waals surface area contributed by atoms with E-state index in [-0.39, 0.29) is 16.5 Å². The predicted octanol–water partition coefficient (Wildman–Crippen LogP) is 4.62. The maximum atomic E-state index is 12.6. The Labute approximate surface area is 149 Å². The molecule has 3 aromatic heterocycles. The lowest BCUT2D eigenvalue weighted by Gasteiger charge is -2.10. The number of carbonyl (C=O) groups excluding carboxylic acids is 1. The van der Waals surface area contributed by atoms with Crippen LogP contribution in [0.25, 0.3) is 5.65 Å². The molecule has 5 nitrogen and oxygen atoms in total. The molecule has 0 spiro atoms. The standard InChI is InChI=1S/C15H9Cl2F3N4O/c1-7-12(24-3-2-9(16)5-11(24)22-7)14(25)23-13-10(17)4-8(6-21-13)15(18,19)20/h2-6H,1H3,(H,21,23,25). The number of anilines is 1. The summed E-state index contributed by atoms with van der Waals surface area (Å²) >= 11 is 11.7. The quantitative estimate of drug-likeness (QED) is 0.696. The van der Waals surface area contributed by atoms with E-state index in [1.54, 1.807) is 25.3 Å². The van der Waals surface area contributed by atoms with E-state index in [9.17, 15) is 18.0 Å². The molecule has 25 heavy (non-hydrogen) atoms. The van der Waals surface area contributed by atoms with Gasteiger partial charge in [0, 0.05) is 23.5 Å². The number of pyridine rings is 2. The van der Waals surface area contributed by atoms with Gasteiger partial charge in [0.2, 0.25) is 0 Å². The minimum absolute atomic E-state index is 0.178. The Morgan fingerprint density at radius 3 is 2.64 bits per heavy atom. The molecule has 0 radical (unpaired) electrons. The van der Waals surface area contributed by atoms with Crippen LogP contribution in [0, 0.1) is 6.92 Å². The highest BCUT2D eigenvalue weighted by Crippen LogP contribution is 2.32. The highest BCUT2D eigenvalue weighted by atomic mass is 35.5. The van der Waals surface area contributed by atoms with Crippen LogP contribution < -0.4 is 5.32 Å². The number of hydrogen-bond acceptors (Lipinski definition) is 3. The second-order valence-corrected chi connectivity index (χ2v) is 5.97. The molecule has 3 aromatic rings. The van der Waals surface area contributed by atoms with Crippen LogP contribution in [0.1, 0.15) is 21.7 Å². The molecule has 3 rings (SSSR count). The van der Waals surface area contributed by atoms with Crippen LogP contribution in [-0.2, 0) is 6.18 Å². The summed E-state index contributed by atoms with van der Waals surface area (Å²) < 4.78 is 39.4. The number of imidazole rings is 1. The lowest BCUT2D eigenvalue weighted by atomic mass is 10.2. The number of amides is 1. The Balaban J connectivity index is 1.94. The van der Waals surface area contributed by atoms with Gasteiger partial charge in [-0.25, -0.2) is 9.97 Å². The summed E-state index contributed by atoms with van der Waals surface area (Å²) in [6.07, 6.45) is -2.41. The highest BCUT2D eigenvalue weighted by Gasteiger charge is 2.31. The van der Waals surface area contributed by atoms with E-state index in [1.807, 2.05) is 0 Å². The van der Waals surface area contributed by atoms with E-state index in [2.05, 4.69) is 15.3 Å². The maximum absolute atomic E-state index is 12.6. The first-order chi connectivity index (χ1) is 11.7. The summed E-state index contributed by atoms with van der Waals surface area (Å²) in [7, 11) is 0. The summed E-state index contributed by atoms with van der Waals surface area (Å²) in [5, 5.41) is 2.53. The van der Waals surface area contributed by atoms with Gasteiger partial charge in [0.25, 0.3) is 5.91 Å². The first kappa shape index (κ1) is 17.5. The van der Waals surface area contributed by atoms with Gasteiger partial charge in [-0.05, 0) is 19.1 Å². The van der Waals surface area contributed by atoms with Gasteiger partial charge in [0.15, 0.2) is 5.82 Å². The summed E-state index contributed by atoms with van der Waals surface area (Å²) in [4.78, 5) is 20.3. The second-order valence-electron chi connectivity index (χ2n) is 5.13. The van der Waals surface area contributed by atoms with Gasteiger partial charge in [0.05, 0.1) is 16.3 Å². The zero-order valence-corrected chi connectivity index (χ0v) is 14.0. The fourth-order valence-corrected chi connectivity index (χ4v) is 2.63. The largest absolute Gasteiger partial charge is 0.417 e. The number of alkyl halides is 3. The minimum atomic E-state index is -4.57. The molecule has 10 heteroatoms. The van der Waals surface area contributed by atoms with E-state index in [0.717, 1.165) is 0 Å². The highest BCUT2D eigenvalue weighted by molar-refractivity contribution is 6.33. The molecular formula is C15H9Cl2F3N4O. The monoisotopic (exact) mass is 388 g/mol. The Hall–Kier alpha value is -2.32. The van der Waals surface area contributed by atoms with Crippen LogP contribution in [0.2, 0.25) is 10.0 Å². The summed E-state index contributed by atoms with van der Waals surface area (Å²) in [6, 6.07) is 3.86. The third-order valence-electron chi connectivity index (χ3n) is 3.38. The van der Waals surface area contributed by atoms with Crippen LogP contribution in [0.15, 0.2) is 30.6 Å². The van der Waals surface area contributed by atoms with Crippen LogP contribution >= 0.6 is 23.2 Å². The Bertz CT molecular complexity index is 985. The molecule has 0 aliphatic heterocycles. The molecule has 3 heterocycles. The van der Waals surface area contributed by atoms with Crippen molar-refractivity contribution in [3.05, 3.63) is 57.6 Å². The number of nitrogens with zero attached hydrogens (tertiary/aromatic N) is 3. The number of nitrogens with one attached hydrogen (secondary N) is 1. The van der Waals surface area contributed by atoms with E-state index in [0.29, 0.717) is 28.6 Å². The van der Waals surface area contributed by atoms with Crippen molar-refractivity contribution in [1.29, 1.82) is 0 Å². The maximum Gasteiger partial charge on any atom is 0.417 e. The zero-order valence-electron chi connectivity index (χ0n) is 12.5. The molecule has 130 valence electrons. The van der Waals surface area contributed by atoms with Gasteiger partial charge in [-0.1, -0.05) is 23.2 Å². The Kier molecular flexibility index (Phi) is 4.34. The number of aromatic nitrogens is 3. The predicted molar refractivity (Wildman–Crippen MR) is 87.1 cm³/mol. The number of fused-ring (bicyclic) bond motifs is 1. The third-order valence-corrected chi connectivity index (χ3v) is 3.90. The van der Waals surface area contributed by atoms with Crippen LogP contribution in [0.4, 0.5) is 19.0 Å². The van der Waals surface area contributed by atoms with E-state index in [1.165, 1.54) is 4.40 Å². The Morgan fingerprint density at radius 1 is 1.28 bits per heavy atom. The number of aryl methyl sites for hydroxylation is 1. The van der Waals surface area contributed by atoms with Crippen LogP contribution in [0.5, 0.6) is 0 Å². The lowest BCUT2D eigenvalue weighted by molar-refractivity contribution is -0.137. The summed E-state index contributed by atoms with van der Waals surface area (Å²) in [6.45, 7) is 1.62. The van der Waals surface area contributed by atoms with Crippen molar-refractivity contribution >= 4 is 40.6 Å². The molecule has 0 bridgehead atoms. The normalized spacial score (nSPS) is 11.8. The van der Waals surface area contributed by atoms with Gasteiger partial charge in [-0.3, -0.25) is 9.20 Å². The van der Waals surface area contributed by atoms with Gasteiger partial charge >= 0.3 is 6.18 Å². The topological polar surface area (TPSA) is 59.3 Å². The van der Waals surface area contributed by atoms with Crippen molar-refractivity contribution in [2.45, 2.75) is 13.1 Å². The van der Waals surface area contributed by atoms with E-state index >= 15 is 0 Å². The van der Waals surface area contributed by atoms with Crippen LogP contribution in [-0.4, -0.2) is 20.3 Å². The average Bonchev–Trinajstić information content (AvgIpc) is 2.83. The van der Waals surface area contributed by atoms with Gasteiger partial charge in [-0.15, -0.1) is 0 Å². The van der Waals surface area contributed by atoms with Crippen LogP contribution in [0.3, 0.4) is 0 Å². The van der Waals surface area contributed by atoms with Crippen molar-refractivity contribution < 1.29 is 18.0 Å². The molecule has 0 atom stereocenters. The number of carbonyl (C=O) groups is 1. The molecule has 0 unspecified atom stereocenters. The third kappa shape index (κ3) is 3.40. The van der Waals surface area contributed by atoms with Crippen molar-refractivity contribution in [3.8, 4) is 0 Å². The number of rotatable bonds is 2. The SMILES string of the molecule is Cc1nc2cc(Cl)ccn2c1C(=O)Nc1ncc(C(F)(F)F)cc1Cl. The average molecular weight is 389 g/mol. The molecule has 0 saturated heterocycles. The Morgan fingerprint density at radius 2 is 2.00 bits per heavy atom. The lowest BCUT2D eigenvalue weighted by Crippen LogP contribution is -2.17. The fourth-order valence-electron chi connectivity index (χ4n) is 2.26. The molecule has 0 aromatic carbocycles. The molecule has 0 fully saturated rings. The molecule has 0 aliphatic rings. The smallest absolute Gasteiger partial charge is 0.304 e. The van der Waals surface area contributed by atoms with E-state index < -0.39 is 17.6 Å². The zero-order chi connectivity index (χ0) is 18.4. The molecule has 1 N–H and O–H groups in total. The number of hydrogen-bond donors (Lipinski definition) is 1. The van der Waals surface area contributed by atoms with E-state index in [4.69, 9.17) is 23.2 Å². The molecule has 0 saturated carbocycles. The first-order valence-corrected chi connectivity index (χ1v) is 7.60. The van der Waals surface area contributed by atoms with Crippen molar-refractivity contribution in [1.82, 2.24) is 14.4 Å². The first-order valence-electron chi connectivity index (χ1n) is 6.85. The molecule has 1 amide bonds.